The third-order valence-electron chi connectivity index (χ3n) is 13.9. The van der Waals surface area contributed by atoms with E-state index in [9.17, 15) is 0 Å². The molecule has 3 aliphatic carbocycles. The van der Waals surface area contributed by atoms with Crippen molar-refractivity contribution in [3.05, 3.63) is 209 Å². The van der Waals surface area contributed by atoms with Crippen LogP contribution in [0, 0.1) is 0 Å². The minimum atomic E-state index is -0.118. The number of rotatable bonds is 5. The van der Waals surface area contributed by atoms with Crippen molar-refractivity contribution in [3.63, 3.8) is 0 Å². The Balaban J connectivity index is 1.08. The molecule has 0 fully saturated rings. The van der Waals surface area contributed by atoms with Crippen LogP contribution < -0.4 is 4.90 Å². The highest BCUT2D eigenvalue weighted by Gasteiger charge is 2.39. The summed E-state index contributed by atoms with van der Waals surface area (Å²) in [4.78, 5) is 2.49. The predicted molar refractivity (Wildman–Crippen MR) is 245 cm³/mol. The lowest BCUT2D eigenvalue weighted by Crippen LogP contribution is -2.17. The molecule has 0 aliphatic heterocycles. The summed E-state index contributed by atoms with van der Waals surface area (Å²) < 4.78 is 0. The van der Waals surface area contributed by atoms with Crippen LogP contribution >= 0.6 is 0 Å². The third-order valence-corrected chi connectivity index (χ3v) is 13.9. The summed E-state index contributed by atoms with van der Waals surface area (Å²) in [6.07, 6.45) is 0. The molecular formula is C57H47N. The van der Waals surface area contributed by atoms with E-state index in [0.29, 0.717) is 0 Å². The van der Waals surface area contributed by atoms with Crippen LogP contribution in [-0.4, -0.2) is 0 Å². The first-order valence-electron chi connectivity index (χ1n) is 20.8. The molecule has 0 unspecified atom stereocenters. The topological polar surface area (TPSA) is 3.24 Å². The summed E-state index contributed by atoms with van der Waals surface area (Å²) in [5.41, 5.74) is 24.5. The van der Waals surface area contributed by atoms with Crippen LogP contribution in [0.2, 0.25) is 0 Å². The number of benzene rings is 8. The highest BCUT2D eigenvalue weighted by Crippen LogP contribution is 2.55. The molecule has 280 valence electrons. The largest absolute Gasteiger partial charge is 0.310 e. The minimum absolute atomic E-state index is 0.0449. The van der Waals surface area contributed by atoms with Gasteiger partial charge in [-0.05, 0) is 120 Å². The molecule has 1 heteroatoms. The van der Waals surface area contributed by atoms with Crippen molar-refractivity contribution < 1.29 is 0 Å². The summed E-state index contributed by atoms with van der Waals surface area (Å²) in [6, 6.07) is 66.2. The Bertz CT molecular complexity index is 2970. The predicted octanol–water partition coefficient (Wildman–Crippen LogP) is 15.4. The lowest BCUT2D eigenvalue weighted by Gasteiger charge is -2.30. The van der Waals surface area contributed by atoms with Gasteiger partial charge in [0, 0.05) is 33.2 Å². The molecule has 3 aliphatic rings. The van der Waals surface area contributed by atoms with Crippen molar-refractivity contribution in [2.75, 3.05) is 4.90 Å². The van der Waals surface area contributed by atoms with E-state index < -0.39 is 0 Å². The molecular weight excluding hydrogens is 699 g/mol. The Morgan fingerprint density at radius 1 is 0.293 bits per heavy atom. The van der Waals surface area contributed by atoms with Gasteiger partial charge in [-0.3, -0.25) is 0 Å². The van der Waals surface area contributed by atoms with Crippen molar-refractivity contribution in [3.8, 4) is 55.6 Å². The molecule has 1 nitrogen and oxygen atoms in total. The molecule has 8 aromatic rings. The standard InChI is InChI=1S/C57H47N/c1-55(2)49-23-13-9-19-46(49)54-45(20-15-24-50(54)55)44-18-10-14-25-53(44)58(39-31-33-43-41-17-8-12-22-48(41)57(5,6)52(43)35-39)38-29-26-36(27-30-38)37-28-32-42-40-16-7-11-21-47(40)56(3,4)51(42)34-37/h7-35H,1-6H3. The molecule has 0 amide bonds. The van der Waals surface area contributed by atoms with Gasteiger partial charge in [-0.25, -0.2) is 0 Å². The van der Waals surface area contributed by atoms with Crippen LogP contribution in [0.4, 0.5) is 17.1 Å². The molecule has 0 saturated carbocycles. The molecule has 58 heavy (non-hydrogen) atoms. The van der Waals surface area contributed by atoms with E-state index in [1.54, 1.807) is 0 Å². The molecule has 11 rings (SSSR count). The molecule has 0 saturated heterocycles. The maximum Gasteiger partial charge on any atom is 0.0540 e. The van der Waals surface area contributed by atoms with E-state index in [0.717, 1.165) is 17.1 Å². The maximum absolute atomic E-state index is 2.49. The number of fused-ring (bicyclic) bond motifs is 9. The SMILES string of the molecule is CC1(C)c2ccccc2-c2ccc(-c3ccc(N(c4ccc5c(c4)C(C)(C)c4ccccc4-5)c4ccccc4-c4cccc5c4-c4ccccc4C5(C)C)cc3)cc21. The van der Waals surface area contributed by atoms with E-state index >= 15 is 0 Å². The highest BCUT2D eigenvalue weighted by molar-refractivity contribution is 5.98. The second kappa shape index (κ2) is 12.3. The van der Waals surface area contributed by atoms with Gasteiger partial charge in [0.1, 0.15) is 0 Å². The van der Waals surface area contributed by atoms with Crippen molar-refractivity contribution >= 4 is 17.1 Å². The maximum atomic E-state index is 2.49. The Morgan fingerprint density at radius 3 is 1.38 bits per heavy atom. The molecule has 0 atom stereocenters. The fourth-order valence-electron chi connectivity index (χ4n) is 10.8. The Labute approximate surface area is 343 Å². The fourth-order valence-corrected chi connectivity index (χ4v) is 10.8. The van der Waals surface area contributed by atoms with Gasteiger partial charge in [0.25, 0.3) is 0 Å². The third kappa shape index (κ3) is 4.83. The number of nitrogens with zero attached hydrogens (tertiary/aromatic N) is 1. The van der Waals surface area contributed by atoms with Gasteiger partial charge < -0.3 is 4.90 Å². The first-order valence-corrected chi connectivity index (χ1v) is 20.8. The van der Waals surface area contributed by atoms with E-state index in [2.05, 4.69) is 222 Å². The molecule has 0 bridgehead atoms. The molecule has 0 heterocycles. The second-order valence-electron chi connectivity index (χ2n) is 18.1. The first-order chi connectivity index (χ1) is 28.0. The smallest absolute Gasteiger partial charge is 0.0540 e. The average Bonchev–Trinajstić information content (AvgIpc) is 3.74. The average molecular weight is 746 g/mol. The van der Waals surface area contributed by atoms with Gasteiger partial charge in [0.2, 0.25) is 0 Å². The van der Waals surface area contributed by atoms with E-state index in [1.807, 2.05) is 0 Å². The normalized spacial score (nSPS) is 15.5. The number of hydrogen-bond donors (Lipinski definition) is 0. The lowest BCUT2D eigenvalue weighted by molar-refractivity contribution is 0.660. The monoisotopic (exact) mass is 745 g/mol. The first kappa shape index (κ1) is 34.8. The molecule has 8 aromatic carbocycles. The molecule has 0 aromatic heterocycles. The van der Waals surface area contributed by atoms with E-state index in [1.165, 1.54) is 89.0 Å². The van der Waals surface area contributed by atoms with E-state index in [4.69, 9.17) is 0 Å². The quantitative estimate of drug-likeness (QED) is 0.170. The van der Waals surface area contributed by atoms with Crippen LogP contribution in [0.5, 0.6) is 0 Å². The number of para-hydroxylation sites is 1. The Morgan fingerprint density at radius 2 is 0.724 bits per heavy atom. The summed E-state index contributed by atoms with van der Waals surface area (Å²) in [6.45, 7) is 14.2. The van der Waals surface area contributed by atoms with Gasteiger partial charge >= 0.3 is 0 Å². The van der Waals surface area contributed by atoms with Gasteiger partial charge in [0.15, 0.2) is 0 Å². The van der Waals surface area contributed by atoms with E-state index in [-0.39, 0.29) is 16.2 Å². The lowest BCUT2D eigenvalue weighted by atomic mass is 9.81. The van der Waals surface area contributed by atoms with Crippen molar-refractivity contribution in [2.24, 2.45) is 0 Å². The fraction of sp³-hybridized carbons (Fsp3) is 0.158. The van der Waals surface area contributed by atoms with Crippen LogP contribution in [0.25, 0.3) is 55.6 Å². The number of hydrogen-bond acceptors (Lipinski definition) is 1. The molecule has 0 radical (unpaired) electrons. The highest BCUT2D eigenvalue weighted by atomic mass is 15.1. The summed E-state index contributed by atoms with van der Waals surface area (Å²) >= 11 is 0. The summed E-state index contributed by atoms with van der Waals surface area (Å²) in [5.74, 6) is 0. The molecule has 0 spiro atoms. The summed E-state index contributed by atoms with van der Waals surface area (Å²) in [7, 11) is 0. The van der Waals surface area contributed by atoms with Crippen LogP contribution in [-0.2, 0) is 16.2 Å². The Kier molecular flexibility index (Phi) is 7.36. The van der Waals surface area contributed by atoms with Gasteiger partial charge in [-0.15, -0.1) is 0 Å². The van der Waals surface area contributed by atoms with Crippen LogP contribution in [0.1, 0.15) is 74.9 Å². The van der Waals surface area contributed by atoms with Crippen molar-refractivity contribution in [1.82, 2.24) is 0 Å². The van der Waals surface area contributed by atoms with Crippen molar-refractivity contribution in [2.45, 2.75) is 57.8 Å². The zero-order chi connectivity index (χ0) is 39.6. The zero-order valence-corrected chi connectivity index (χ0v) is 34.2. The van der Waals surface area contributed by atoms with Gasteiger partial charge in [0.05, 0.1) is 5.69 Å². The Hall–Kier alpha value is -6.44. The van der Waals surface area contributed by atoms with Gasteiger partial charge in [-0.2, -0.15) is 0 Å². The van der Waals surface area contributed by atoms with Crippen LogP contribution in [0.3, 0.4) is 0 Å². The zero-order valence-electron chi connectivity index (χ0n) is 34.2. The van der Waals surface area contributed by atoms with Crippen LogP contribution in [0.15, 0.2) is 176 Å². The van der Waals surface area contributed by atoms with Gasteiger partial charge in [-0.1, -0.05) is 181 Å². The summed E-state index contributed by atoms with van der Waals surface area (Å²) in [5, 5.41) is 0. The minimum Gasteiger partial charge on any atom is -0.310 e. The van der Waals surface area contributed by atoms with Crippen molar-refractivity contribution in [1.29, 1.82) is 0 Å². The second-order valence-corrected chi connectivity index (χ2v) is 18.1. The number of anilines is 3. The molecule has 0 N–H and O–H groups in total.